The summed E-state index contributed by atoms with van der Waals surface area (Å²) >= 11 is 6.31. The van der Waals surface area contributed by atoms with E-state index in [9.17, 15) is 9.18 Å². The third-order valence-electron chi connectivity index (χ3n) is 9.18. The molecule has 0 radical (unpaired) electrons. The quantitative estimate of drug-likeness (QED) is 0.0916. The summed E-state index contributed by atoms with van der Waals surface area (Å²) in [5.41, 5.74) is 18.2. The number of carbonyl (C=O) groups excluding carboxylic acids is 1. The minimum Gasteiger partial charge on any atom is -0.383 e. The molecule has 46 heavy (non-hydrogen) atoms. The summed E-state index contributed by atoms with van der Waals surface area (Å²) < 4.78 is 15.8. The highest BCUT2D eigenvalue weighted by molar-refractivity contribution is 6.33. The number of benzene rings is 3. The Morgan fingerprint density at radius 2 is 1.70 bits per heavy atom. The van der Waals surface area contributed by atoms with Gasteiger partial charge in [0.2, 0.25) is 0 Å². The van der Waals surface area contributed by atoms with Crippen LogP contribution in [-0.2, 0) is 0 Å². The largest absolute Gasteiger partial charge is 0.383 e. The first-order chi connectivity index (χ1) is 21.9. The van der Waals surface area contributed by atoms with Gasteiger partial charge in [-0.3, -0.25) is 0 Å². The van der Waals surface area contributed by atoms with E-state index in [0.717, 1.165) is 35.2 Å². The van der Waals surface area contributed by atoms with Crippen molar-refractivity contribution in [2.75, 3.05) is 16.0 Å². The lowest BCUT2D eigenvalue weighted by molar-refractivity contribution is 0.215. The number of hydrogen-bond donors (Lipinski definition) is 5. The predicted molar refractivity (Wildman–Crippen MR) is 185 cm³/mol. The van der Waals surface area contributed by atoms with E-state index in [-0.39, 0.29) is 39.6 Å². The molecule has 1 aliphatic rings. The maximum Gasteiger partial charge on any atom is 0.323 e. The smallest absolute Gasteiger partial charge is 0.323 e. The normalized spacial score (nSPS) is 19.3. The van der Waals surface area contributed by atoms with Gasteiger partial charge in [0.1, 0.15) is 11.7 Å². The number of urea groups is 1. The van der Waals surface area contributed by atoms with Gasteiger partial charge in [-0.05, 0) is 67.8 Å². The molecule has 1 aliphatic carbocycles. The number of anilines is 3. The molecule has 3 aromatic carbocycles. The maximum absolute atomic E-state index is 14.0. The zero-order valence-corrected chi connectivity index (χ0v) is 26.6. The number of carbonyl (C=O) groups is 1. The van der Waals surface area contributed by atoms with Gasteiger partial charge in [0, 0.05) is 46.2 Å². The van der Waals surface area contributed by atoms with Crippen molar-refractivity contribution in [2.45, 2.75) is 45.2 Å². The van der Waals surface area contributed by atoms with Crippen LogP contribution in [0.25, 0.3) is 16.6 Å². The van der Waals surface area contributed by atoms with Gasteiger partial charge in [-0.2, -0.15) is 5.10 Å². The molecule has 2 heterocycles. The van der Waals surface area contributed by atoms with E-state index in [1.54, 1.807) is 10.7 Å². The van der Waals surface area contributed by atoms with E-state index in [4.69, 9.17) is 23.1 Å². The SMILES string of the molecule is CC1(C)[C@H](Nc2c(/C(N)=N/c3cc(F)ccc3Cl)cnn3cc(-c4ccc(NC(=O)Nc5ccccc5)cc4)cc23)CC[C@]1(C)N. The van der Waals surface area contributed by atoms with E-state index in [0.29, 0.717) is 16.9 Å². The molecule has 7 N–H and O–H groups in total. The first kappa shape index (κ1) is 31.1. The van der Waals surface area contributed by atoms with Crippen molar-refractivity contribution in [2.24, 2.45) is 21.9 Å². The fourth-order valence-electron chi connectivity index (χ4n) is 5.83. The molecular weight excluding hydrogens is 603 g/mol. The predicted octanol–water partition coefficient (Wildman–Crippen LogP) is 7.79. The number of fused-ring (bicyclic) bond motifs is 1. The maximum atomic E-state index is 14.0. The molecule has 2 atom stereocenters. The van der Waals surface area contributed by atoms with Gasteiger partial charge in [-0.25, -0.2) is 18.7 Å². The Hall–Kier alpha value is -4.93. The first-order valence-corrected chi connectivity index (χ1v) is 15.4. The van der Waals surface area contributed by atoms with Crippen LogP contribution in [-0.4, -0.2) is 33.1 Å². The zero-order valence-electron chi connectivity index (χ0n) is 25.8. The van der Waals surface area contributed by atoms with E-state index in [2.05, 4.69) is 46.8 Å². The fourth-order valence-corrected chi connectivity index (χ4v) is 5.99. The third kappa shape index (κ3) is 6.14. The minimum atomic E-state index is -0.466. The summed E-state index contributed by atoms with van der Waals surface area (Å²) in [6.07, 6.45) is 5.29. The monoisotopic (exact) mass is 638 g/mol. The number of nitrogens with zero attached hydrogens (tertiary/aromatic N) is 3. The Morgan fingerprint density at radius 1 is 1.00 bits per heavy atom. The molecule has 9 nitrogen and oxygen atoms in total. The van der Waals surface area contributed by atoms with Crippen molar-refractivity contribution in [1.29, 1.82) is 0 Å². The fraction of sp³-hybridized carbons (Fsp3) is 0.229. The van der Waals surface area contributed by atoms with Crippen LogP contribution in [0, 0.1) is 11.2 Å². The Balaban J connectivity index is 1.34. The molecule has 5 aromatic rings. The number of aliphatic imine (C=N–C) groups is 1. The Morgan fingerprint density at radius 3 is 2.37 bits per heavy atom. The highest BCUT2D eigenvalue weighted by Gasteiger charge is 2.49. The van der Waals surface area contributed by atoms with Crippen molar-refractivity contribution >= 4 is 51.7 Å². The molecule has 1 saturated carbocycles. The molecule has 1 fully saturated rings. The van der Waals surface area contributed by atoms with Gasteiger partial charge < -0.3 is 27.4 Å². The molecule has 0 saturated heterocycles. The van der Waals surface area contributed by atoms with E-state index < -0.39 is 5.82 Å². The number of amides is 2. The van der Waals surface area contributed by atoms with Gasteiger partial charge in [0.25, 0.3) is 0 Å². The molecular formula is C35H36ClFN8O. The summed E-state index contributed by atoms with van der Waals surface area (Å²) in [6.45, 7) is 6.41. The number of nitrogens with one attached hydrogen (secondary N) is 3. The van der Waals surface area contributed by atoms with Crippen LogP contribution in [0.3, 0.4) is 0 Å². The standard InChI is InChI=1S/C35H36ClFN8O/c1-34(2)30(15-16-35(34,3)39)44-31-26(32(38)43-28-18-23(37)11-14-27(28)36)19-40-45-20-22(17-29(31)45)21-9-12-25(13-10-21)42-33(46)41-24-7-5-4-6-8-24/h4-14,17-20,30,44H,15-16,39H2,1-3H3,(H2,38,43)(H2,41,42,46)/t30-,35+/m1/s1. The summed E-state index contributed by atoms with van der Waals surface area (Å²) in [5.74, 6) is -0.324. The number of para-hydroxylation sites is 1. The van der Waals surface area contributed by atoms with Crippen LogP contribution >= 0.6 is 11.6 Å². The Kier molecular flexibility index (Phi) is 8.18. The van der Waals surface area contributed by atoms with Crippen LogP contribution in [0.4, 0.5) is 31.9 Å². The van der Waals surface area contributed by atoms with Gasteiger partial charge in [-0.15, -0.1) is 0 Å². The van der Waals surface area contributed by atoms with Crippen molar-refractivity contribution < 1.29 is 9.18 Å². The molecule has 2 aromatic heterocycles. The lowest BCUT2D eigenvalue weighted by Crippen LogP contribution is -2.51. The molecule has 0 unspecified atom stereocenters. The van der Waals surface area contributed by atoms with Crippen molar-refractivity contribution in [3.05, 3.63) is 108 Å². The molecule has 236 valence electrons. The van der Waals surface area contributed by atoms with Crippen molar-refractivity contribution in [1.82, 2.24) is 9.61 Å². The van der Waals surface area contributed by atoms with Crippen LogP contribution in [0.1, 0.15) is 39.2 Å². The lowest BCUT2D eigenvalue weighted by atomic mass is 9.75. The molecule has 11 heteroatoms. The van der Waals surface area contributed by atoms with Crippen LogP contribution in [0.15, 0.2) is 96.2 Å². The highest BCUT2D eigenvalue weighted by Crippen LogP contribution is 2.46. The summed E-state index contributed by atoms with van der Waals surface area (Å²) in [5, 5.41) is 14.3. The number of aromatic nitrogens is 2. The second kappa shape index (κ2) is 12.1. The zero-order chi connectivity index (χ0) is 32.6. The van der Waals surface area contributed by atoms with Gasteiger partial charge in [-0.1, -0.05) is 55.8 Å². The van der Waals surface area contributed by atoms with Crippen LogP contribution in [0.5, 0.6) is 0 Å². The number of hydrogen-bond acceptors (Lipinski definition) is 5. The first-order valence-electron chi connectivity index (χ1n) is 15.0. The number of halogens is 2. The molecule has 0 spiro atoms. The second-order valence-corrected chi connectivity index (χ2v) is 12.9. The van der Waals surface area contributed by atoms with Gasteiger partial charge >= 0.3 is 6.03 Å². The summed E-state index contributed by atoms with van der Waals surface area (Å²) in [7, 11) is 0. The van der Waals surface area contributed by atoms with E-state index in [1.807, 2.05) is 66.9 Å². The Bertz CT molecular complexity index is 1940. The second-order valence-electron chi connectivity index (χ2n) is 12.5. The Labute approximate surface area is 271 Å². The van der Waals surface area contributed by atoms with E-state index >= 15 is 0 Å². The summed E-state index contributed by atoms with van der Waals surface area (Å²) in [4.78, 5) is 17.0. The molecule has 6 rings (SSSR count). The molecule has 2 amide bonds. The third-order valence-corrected chi connectivity index (χ3v) is 9.50. The van der Waals surface area contributed by atoms with Gasteiger partial charge in [0.15, 0.2) is 0 Å². The number of amidine groups is 1. The average Bonchev–Trinajstić information content (AvgIpc) is 3.54. The number of nitrogens with two attached hydrogens (primary N) is 2. The van der Waals surface area contributed by atoms with Crippen LogP contribution < -0.4 is 27.4 Å². The van der Waals surface area contributed by atoms with Gasteiger partial charge in [0.05, 0.1) is 33.7 Å². The lowest BCUT2D eigenvalue weighted by Gasteiger charge is -2.39. The van der Waals surface area contributed by atoms with Crippen molar-refractivity contribution in [3.8, 4) is 11.1 Å². The molecule has 0 aliphatic heterocycles. The number of rotatable bonds is 7. The highest BCUT2D eigenvalue weighted by atomic mass is 35.5. The average molecular weight is 639 g/mol. The van der Waals surface area contributed by atoms with Crippen LogP contribution in [0.2, 0.25) is 5.02 Å². The van der Waals surface area contributed by atoms with E-state index in [1.165, 1.54) is 18.2 Å². The minimum absolute atomic E-state index is 0.0312. The topological polar surface area (TPSA) is 135 Å². The molecule has 0 bridgehead atoms. The van der Waals surface area contributed by atoms with Crippen molar-refractivity contribution in [3.63, 3.8) is 0 Å². The summed E-state index contributed by atoms with van der Waals surface area (Å²) in [6, 6.07) is 22.5.